The maximum absolute atomic E-state index is 13.7. The summed E-state index contributed by atoms with van der Waals surface area (Å²) in [5.74, 6) is -1.95. The van der Waals surface area contributed by atoms with E-state index in [1.807, 2.05) is 6.07 Å². The number of methoxy groups -OCH3 is 2. The number of benzene rings is 1. The summed E-state index contributed by atoms with van der Waals surface area (Å²) in [6.45, 7) is 1.24. The Morgan fingerprint density at radius 1 is 1.03 bits per heavy atom. The first-order valence-corrected chi connectivity index (χ1v) is 12.3. The summed E-state index contributed by atoms with van der Waals surface area (Å²) in [5.41, 5.74) is -1.90. The molecule has 1 saturated carbocycles. The predicted octanol–water partition coefficient (Wildman–Crippen LogP) is 2.70. The smallest absolute Gasteiger partial charge is 0.312 e. The Balaban J connectivity index is 1.94. The zero-order chi connectivity index (χ0) is 24.1. The number of carbonyl (C=O) groups excluding carboxylic acids is 4. The zero-order valence-corrected chi connectivity index (χ0v) is 20.7. The minimum absolute atomic E-state index is 0.00251. The number of piperidine rings is 1. The highest BCUT2D eigenvalue weighted by Crippen LogP contribution is 2.56. The minimum atomic E-state index is -1.24. The van der Waals surface area contributed by atoms with Gasteiger partial charge in [-0.2, -0.15) is 0 Å². The van der Waals surface area contributed by atoms with Crippen molar-refractivity contribution in [3.8, 4) is 0 Å². The van der Waals surface area contributed by atoms with Crippen molar-refractivity contribution in [2.75, 3.05) is 32.6 Å². The second-order valence-corrected chi connectivity index (χ2v) is 9.54. The molecule has 1 aliphatic carbocycles. The van der Waals surface area contributed by atoms with Gasteiger partial charge in [0.05, 0.1) is 26.1 Å². The van der Waals surface area contributed by atoms with E-state index in [0.717, 1.165) is 19.3 Å². The summed E-state index contributed by atoms with van der Waals surface area (Å²) < 4.78 is 9.93. The molecule has 8 nitrogen and oxygen atoms in total. The summed E-state index contributed by atoms with van der Waals surface area (Å²) in [6, 6.07) is 8.68. The molecule has 2 fully saturated rings. The van der Waals surface area contributed by atoms with Gasteiger partial charge in [-0.3, -0.25) is 19.2 Å². The molecule has 1 unspecified atom stereocenters. The van der Waals surface area contributed by atoms with Gasteiger partial charge in [-0.1, -0.05) is 34.1 Å². The van der Waals surface area contributed by atoms with Gasteiger partial charge in [0, 0.05) is 24.0 Å². The third-order valence-corrected chi connectivity index (χ3v) is 7.66. The van der Waals surface area contributed by atoms with Crippen LogP contribution >= 0.6 is 15.9 Å². The van der Waals surface area contributed by atoms with Crippen LogP contribution in [0.25, 0.3) is 0 Å². The number of likely N-dealkylation sites (tertiary alicyclic amines) is 1. The topological polar surface area (TPSA) is 102 Å². The van der Waals surface area contributed by atoms with Gasteiger partial charge < -0.3 is 19.7 Å². The van der Waals surface area contributed by atoms with E-state index >= 15 is 0 Å². The van der Waals surface area contributed by atoms with E-state index in [-0.39, 0.29) is 31.1 Å². The molecule has 2 amide bonds. The molecule has 1 N–H and O–H groups in total. The maximum atomic E-state index is 13.7. The number of hydrogen-bond donors (Lipinski definition) is 1. The fraction of sp³-hybridized carbons (Fsp3) is 0.583. The SMILES string of the molecule is COC(=O)CC(CBr)C1(C(=O)OC)CC(NC(=O)c2ccccc2)(C(=O)N2CCCCC2)C1. The van der Waals surface area contributed by atoms with E-state index in [2.05, 4.69) is 21.2 Å². The van der Waals surface area contributed by atoms with Crippen LogP contribution < -0.4 is 5.32 Å². The van der Waals surface area contributed by atoms with Gasteiger partial charge in [0.1, 0.15) is 5.54 Å². The van der Waals surface area contributed by atoms with Crippen LogP contribution in [0.2, 0.25) is 0 Å². The Kier molecular flexibility index (Phi) is 8.15. The van der Waals surface area contributed by atoms with Crippen LogP contribution in [0, 0.1) is 11.3 Å². The molecule has 1 atom stereocenters. The first-order valence-electron chi connectivity index (χ1n) is 11.2. The Labute approximate surface area is 202 Å². The molecule has 3 rings (SSSR count). The van der Waals surface area contributed by atoms with Crippen molar-refractivity contribution in [1.82, 2.24) is 10.2 Å². The second kappa shape index (κ2) is 10.7. The molecule has 2 aliphatic rings. The first kappa shape index (κ1) is 25.2. The molecule has 1 aliphatic heterocycles. The van der Waals surface area contributed by atoms with Gasteiger partial charge in [0.2, 0.25) is 5.91 Å². The van der Waals surface area contributed by atoms with Crippen LogP contribution in [0.3, 0.4) is 0 Å². The molecular formula is C24H31BrN2O6. The lowest BCUT2D eigenvalue weighted by atomic mass is 9.51. The third kappa shape index (κ3) is 5.08. The highest BCUT2D eigenvalue weighted by molar-refractivity contribution is 9.09. The number of rotatable bonds is 8. The summed E-state index contributed by atoms with van der Waals surface area (Å²) in [6.07, 6.45) is 3.00. The van der Waals surface area contributed by atoms with Crippen LogP contribution in [0.15, 0.2) is 30.3 Å². The third-order valence-electron chi connectivity index (χ3n) is 6.88. The molecule has 0 radical (unpaired) electrons. The highest BCUT2D eigenvalue weighted by atomic mass is 79.9. The second-order valence-electron chi connectivity index (χ2n) is 8.89. The molecular weight excluding hydrogens is 492 g/mol. The normalized spacial score (nSPS) is 25.4. The molecule has 9 heteroatoms. The van der Waals surface area contributed by atoms with Crippen molar-refractivity contribution in [1.29, 1.82) is 0 Å². The van der Waals surface area contributed by atoms with Crippen LogP contribution in [0.1, 0.15) is 48.9 Å². The molecule has 1 heterocycles. The van der Waals surface area contributed by atoms with Crippen LogP contribution in [-0.2, 0) is 23.9 Å². The van der Waals surface area contributed by atoms with Crippen molar-refractivity contribution in [3.05, 3.63) is 35.9 Å². The van der Waals surface area contributed by atoms with Gasteiger partial charge in [-0.25, -0.2) is 0 Å². The number of nitrogens with zero attached hydrogens (tertiary/aromatic N) is 1. The molecule has 0 spiro atoms. The van der Waals surface area contributed by atoms with Gasteiger partial charge in [-0.15, -0.1) is 0 Å². The molecule has 1 aromatic rings. The van der Waals surface area contributed by atoms with Crippen molar-refractivity contribution >= 4 is 39.7 Å². The number of carbonyl (C=O) groups is 4. The number of alkyl halides is 1. The minimum Gasteiger partial charge on any atom is -0.469 e. The Morgan fingerprint density at radius 3 is 2.21 bits per heavy atom. The van der Waals surface area contributed by atoms with Crippen molar-refractivity contribution in [3.63, 3.8) is 0 Å². The number of halogens is 1. The van der Waals surface area contributed by atoms with Crippen molar-refractivity contribution in [2.24, 2.45) is 11.3 Å². The van der Waals surface area contributed by atoms with Crippen LogP contribution in [0.5, 0.6) is 0 Å². The van der Waals surface area contributed by atoms with Gasteiger partial charge in [0.25, 0.3) is 5.91 Å². The van der Waals surface area contributed by atoms with Crippen molar-refractivity contribution in [2.45, 2.75) is 44.1 Å². The molecule has 1 saturated heterocycles. The van der Waals surface area contributed by atoms with E-state index in [1.54, 1.807) is 29.2 Å². The molecule has 180 valence electrons. The standard InChI is InChI=1S/C24H31BrN2O6/c1-32-19(28)13-18(14-25)23(22(31)33-2)15-24(16-23,21(30)27-11-7-4-8-12-27)26-20(29)17-9-5-3-6-10-17/h3,5-6,9-10,18H,4,7-8,11-16H2,1-2H3,(H,26,29). The van der Waals surface area contributed by atoms with E-state index in [1.165, 1.54) is 14.2 Å². The van der Waals surface area contributed by atoms with E-state index in [9.17, 15) is 19.2 Å². The maximum Gasteiger partial charge on any atom is 0.312 e. The summed E-state index contributed by atoms with van der Waals surface area (Å²) in [4.78, 5) is 53.6. The van der Waals surface area contributed by atoms with E-state index in [0.29, 0.717) is 24.0 Å². The number of hydrogen-bond acceptors (Lipinski definition) is 6. The van der Waals surface area contributed by atoms with Gasteiger partial charge >= 0.3 is 11.9 Å². The lowest BCUT2D eigenvalue weighted by Gasteiger charge is -2.57. The number of amides is 2. The fourth-order valence-corrected chi connectivity index (χ4v) is 5.93. The summed E-state index contributed by atoms with van der Waals surface area (Å²) in [5, 5.41) is 3.30. The Bertz CT molecular complexity index is 878. The molecule has 1 aromatic carbocycles. The quantitative estimate of drug-likeness (QED) is 0.416. The van der Waals surface area contributed by atoms with E-state index < -0.39 is 28.8 Å². The lowest BCUT2D eigenvalue weighted by Crippen LogP contribution is -2.73. The number of nitrogens with one attached hydrogen (secondary N) is 1. The molecule has 0 aromatic heterocycles. The monoisotopic (exact) mass is 522 g/mol. The molecule has 0 bridgehead atoms. The number of esters is 2. The Morgan fingerprint density at radius 2 is 1.67 bits per heavy atom. The highest BCUT2D eigenvalue weighted by Gasteiger charge is 2.67. The first-order chi connectivity index (χ1) is 15.8. The van der Waals surface area contributed by atoms with Gasteiger partial charge in [-0.05, 0) is 50.2 Å². The van der Waals surface area contributed by atoms with Gasteiger partial charge in [0.15, 0.2) is 0 Å². The largest absolute Gasteiger partial charge is 0.469 e. The van der Waals surface area contributed by atoms with E-state index in [4.69, 9.17) is 9.47 Å². The number of ether oxygens (including phenoxy) is 2. The zero-order valence-electron chi connectivity index (χ0n) is 19.1. The average molecular weight is 523 g/mol. The Hall–Kier alpha value is -2.42. The lowest BCUT2D eigenvalue weighted by molar-refractivity contribution is -0.178. The summed E-state index contributed by atoms with van der Waals surface area (Å²) >= 11 is 3.42. The summed E-state index contributed by atoms with van der Waals surface area (Å²) in [7, 11) is 2.59. The average Bonchev–Trinajstić information content (AvgIpc) is 2.84. The predicted molar refractivity (Wildman–Crippen MR) is 125 cm³/mol. The van der Waals surface area contributed by atoms with Crippen LogP contribution in [0.4, 0.5) is 0 Å². The molecule has 33 heavy (non-hydrogen) atoms. The van der Waals surface area contributed by atoms with Crippen molar-refractivity contribution < 1.29 is 28.7 Å². The fourth-order valence-electron chi connectivity index (χ4n) is 5.08. The van der Waals surface area contributed by atoms with Crippen LogP contribution in [-0.4, -0.2) is 66.8 Å².